The average molecular weight is 204 g/mol. The van der Waals surface area contributed by atoms with E-state index in [2.05, 4.69) is 34.6 Å². The van der Waals surface area contributed by atoms with Crippen molar-refractivity contribution in [3.8, 4) is 0 Å². The smallest absolute Gasteiger partial charge is 0.128 e. The number of hydrogen-bond acceptors (Lipinski definition) is 3. The number of nitrogens with one attached hydrogen (secondary N) is 1. The maximum Gasteiger partial charge on any atom is 0.128 e. The molecule has 1 heterocycles. The molecule has 0 radical (unpaired) electrons. The van der Waals surface area contributed by atoms with Crippen LogP contribution in [0.5, 0.6) is 0 Å². The number of rotatable bonds is 3. The molecule has 0 fully saturated rings. The van der Waals surface area contributed by atoms with Crippen LogP contribution >= 0.6 is 0 Å². The zero-order valence-electron chi connectivity index (χ0n) is 9.16. The number of amidine groups is 1. The fourth-order valence-corrected chi connectivity index (χ4v) is 1.64. The van der Waals surface area contributed by atoms with Crippen molar-refractivity contribution in [3.63, 3.8) is 0 Å². The summed E-state index contributed by atoms with van der Waals surface area (Å²) in [6, 6.07) is 8.35. The van der Waals surface area contributed by atoms with Crippen molar-refractivity contribution in [2.24, 2.45) is 4.99 Å². The highest BCUT2D eigenvalue weighted by molar-refractivity contribution is 5.99. The fourth-order valence-electron chi connectivity index (χ4n) is 1.64. The Morgan fingerprint density at radius 1 is 1.33 bits per heavy atom. The molecule has 1 atom stereocenters. The van der Waals surface area contributed by atoms with Crippen molar-refractivity contribution >= 4 is 5.84 Å². The molecular formula is C12H16N2O. The van der Waals surface area contributed by atoms with E-state index in [9.17, 15) is 0 Å². The van der Waals surface area contributed by atoms with E-state index in [1.54, 1.807) is 7.11 Å². The molecule has 3 heteroatoms. The molecular weight excluding hydrogens is 188 g/mol. The summed E-state index contributed by atoms with van der Waals surface area (Å²) in [7, 11) is 1.72. The molecule has 1 N–H and O–H groups in total. The summed E-state index contributed by atoms with van der Waals surface area (Å²) < 4.78 is 5.26. The number of hydrogen-bond donors (Lipinski definition) is 1. The van der Waals surface area contributed by atoms with Gasteiger partial charge in [-0.1, -0.05) is 24.3 Å². The molecule has 0 spiro atoms. The van der Waals surface area contributed by atoms with Gasteiger partial charge in [-0.15, -0.1) is 0 Å². The Kier molecular flexibility index (Phi) is 3.02. The molecule has 2 rings (SSSR count). The highest BCUT2D eigenvalue weighted by Crippen LogP contribution is 2.16. The predicted octanol–water partition coefficient (Wildman–Crippen LogP) is 1.74. The van der Waals surface area contributed by atoms with E-state index in [4.69, 9.17) is 4.74 Å². The third-order valence-electron chi connectivity index (χ3n) is 2.68. The highest BCUT2D eigenvalue weighted by Gasteiger charge is 2.08. The van der Waals surface area contributed by atoms with Crippen molar-refractivity contribution in [3.05, 3.63) is 35.4 Å². The zero-order chi connectivity index (χ0) is 10.7. The molecule has 0 saturated heterocycles. The van der Waals surface area contributed by atoms with Crippen LogP contribution in [0.1, 0.15) is 24.2 Å². The van der Waals surface area contributed by atoms with Gasteiger partial charge < -0.3 is 10.1 Å². The standard InChI is InChI=1S/C12H16N2O/c1-9(15-2)10-3-5-11(6-4-10)12-13-7-8-14-12/h3-6,9H,7-8H2,1-2H3,(H,13,14). The van der Waals surface area contributed by atoms with Crippen molar-refractivity contribution in [1.29, 1.82) is 0 Å². The molecule has 1 unspecified atom stereocenters. The van der Waals surface area contributed by atoms with Gasteiger partial charge in [-0.3, -0.25) is 4.99 Å². The molecule has 1 aromatic carbocycles. The first kappa shape index (κ1) is 10.2. The molecule has 0 amide bonds. The van der Waals surface area contributed by atoms with Crippen molar-refractivity contribution in [2.75, 3.05) is 20.2 Å². The lowest BCUT2D eigenvalue weighted by Crippen LogP contribution is -2.19. The van der Waals surface area contributed by atoms with Crippen molar-refractivity contribution < 1.29 is 4.74 Å². The Labute approximate surface area is 90.2 Å². The van der Waals surface area contributed by atoms with Crippen molar-refractivity contribution in [2.45, 2.75) is 13.0 Å². The highest BCUT2D eigenvalue weighted by atomic mass is 16.5. The number of ether oxygens (including phenoxy) is 1. The molecule has 80 valence electrons. The molecule has 1 aliphatic rings. The minimum Gasteiger partial charge on any atom is -0.377 e. The van der Waals surface area contributed by atoms with Crippen LogP contribution in [0.2, 0.25) is 0 Å². The maximum absolute atomic E-state index is 5.26. The first-order chi connectivity index (χ1) is 7.31. The van der Waals surface area contributed by atoms with Crippen LogP contribution in [0.15, 0.2) is 29.3 Å². The Bertz CT molecular complexity index is 356. The number of aliphatic imine (C=N–C) groups is 1. The van der Waals surface area contributed by atoms with Gasteiger partial charge in [-0.2, -0.15) is 0 Å². The molecule has 0 saturated carbocycles. The van der Waals surface area contributed by atoms with Crippen LogP contribution < -0.4 is 5.32 Å². The van der Waals surface area contributed by atoms with Crippen molar-refractivity contribution in [1.82, 2.24) is 5.32 Å². The molecule has 3 nitrogen and oxygen atoms in total. The molecule has 0 aliphatic carbocycles. The summed E-state index contributed by atoms with van der Waals surface area (Å²) in [6.45, 7) is 3.87. The summed E-state index contributed by atoms with van der Waals surface area (Å²) in [5, 5.41) is 3.25. The van der Waals surface area contributed by atoms with Crippen LogP contribution in [0.25, 0.3) is 0 Å². The van der Waals surface area contributed by atoms with Crippen LogP contribution in [-0.4, -0.2) is 26.0 Å². The normalized spacial score (nSPS) is 17.1. The minimum atomic E-state index is 0.150. The van der Waals surface area contributed by atoms with Gasteiger partial charge >= 0.3 is 0 Å². The average Bonchev–Trinajstić information content (AvgIpc) is 2.82. The SMILES string of the molecule is COC(C)c1ccc(C2=NCCN2)cc1. The second-order valence-corrected chi connectivity index (χ2v) is 3.66. The monoisotopic (exact) mass is 204 g/mol. The van der Waals surface area contributed by atoms with E-state index in [0.29, 0.717) is 0 Å². The minimum absolute atomic E-state index is 0.150. The van der Waals surface area contributed by atoms with E-state index >= 15 is 0 Å². The quantitative estimate of drug-likeness (QED) is 0.813. The largest absolute Gasteiger partial charge is 0.377 e. The van der Waals surface area contributed by atoms with Gasteiger partial charge in [0.1, 0.15) is 5.84 Å². The molecule has 0 aromatic heterocycles. The molecule has 0 bridgehead atoms. The summed E-state index contributed by atoms with van der Waals surface area (Å²) in [5.41, 5.74) is 2.35. The van der Waals surface area contributed by atoms with Crippen LogP contribution in [0.4, 0.5) is 0 Å². The number of nitrogens with zero attached hydrogens (tertiary/aromatic N) is 1. The third kappa shape index (κ3) is 2.18. The fraction of sp³-hybridized carbons (Fsp3) is 0.417. The second kappa shape index (κ2) is 4.45. The predicted molar refractivity (Wildman–Crippen MR) is 61.3 cm³/mol. The van der Waals surface area contributed by atoms with Crippen LogP contribution in [0.3, 0.4) is 0 Å². The third-order valence-corrected chi connectivity index (χ3v) is 2.68. The van der Waals surface area contributed by atoms with Gasteiger partial charge in [-0.05, 0) is 12.5 Å². The topological polar surface area (TPSA) is 33.6 Å². The molecule has 1 aliphatic heterocycles. The first-order valence-electron chi connectivity index (χ1n) is 5.22. The van der Waals surface area contributed by atoms with Gasteiger partial charge in [0.25, 0.3) is 0 Å². The van der Waals surface area contributed by atoms with Gasteiger partial charge in [0, 0.05) is 19.2 Å². The summed E-state index contributed by atoms with van der Waals surface area (Å²) >= 11 is 0. The van der Waals surface area contributed by atoms with Gasteiger partial charge in [0.15, 0.2) is 0 Å². The van der Waals surface area contributed by atoms with E-state index in [0.717, 1.165) is 24.5 Å². The molecule has 1 aromatic rings. The van der Waals surface area contributed by atoms with Gasteiger partial charge in [0.05, 0.1) is 12.6 Å². The van der Waals surface area contributed by atoms with Gasteiger partial charge in [-0.25, -0.2) is 0 Å². The Morgan fingerprint density at radius 2 is 2.07 bits per heavy atom. The van der Waals surface area contributed by atoms with E-state index in [1.807, 2.05) is 6.92 Å². The Hall–Kier alpha value is -1.35. The Morgan fingerprint density at radius 3 is 2.60 bits per heavy atom. The lowest BCUT2D eigenvalue weighted by Gasteiger charge is -2.10. The lowest BCUT2D eigenvalue weighted by atomic mass is 10.1. The lowest BCUT2D eigenvalue weighted by molar-refractivity contribution is 0.119. The first-order valence-corrected chi connectivity index (χ1v) is 5.22. The van der Waals surface area contributed by atoms with E-state index in [1.165, 1.54) is 5.56 Å². The summed E-state index contributed by atoms with van der Waals surface area (Å²) in [6.07, 6.45) is 0.150. The number of benzene rings is 1. The van der Waals surface area contributed by atoms with Gasteiger partial charge in [0.2, 0.25) is 0 Å². The summed E-state index contributed by atoms with van der Waals surface area (Å²) in [4.78, 5) is 4.37. The molecule has 15 heavy (non-hydrogen) atoms. The second-order valence-electron chi connectivity index (χ2n) is 3.66. The van der Waals surface area contributed by atoms with E-state index < -0.39 is 0 Å². The van der Waals surface area contributed by atoms with E-state index in [-0.39, 0.29) is 6.10 Å². The van der Waals surface area contributed by atoms with Crippen LogP contribution in [-0.2, 0) is 4.74 Å². The summed E-state index contributed by atoms with van der Waals surface area (Å²) in [5.74, 6) is 1.01. The van der Waals surface area contributed by atoms with Crippen LogP contribution in [0, 0.1) is 0 Å². The maximum atomic E-state index is 5.26. The Balaban J connectivity index is 2.16. The number of methoxy groups -OCH3 is 1. The zero-order valence-corrected chi connectivity index (χ0v) is 9.16.